The Morgan fingerprint density at radius 3 is 2.89 bits per heavy atom. The molecule has 2 rings (SSSR count). The van der Waals surface area contributed by atoms with Gasteiger partial charge in [0.15, 0.2) is 0 Å². The molecule has 0 aromatic carbocycles. The molecule has 0 saturated carbocycles. The highest BCUT2D eigenvalue weighted by atomic mass is 35.5. The molecule has 0 N–H and O–H groups in total. The van der Waals surface area contributed by atoms with Gasteiger partial charge in [0, 0.05) is 25.5 Å². The fourth-order valence-corrected chi connectivity index (χ4v) is 4.07. The van der Waals surface area contributed by atoms with Crippen LogP contribution in [0.15, 0.2) is 23.4 Å². The first-order valence-electron chi connectivity index (χ1n) is 6.11. The molecule has 0 spiro atoms. The van der Waals surface area contributed by atoms with Gasteiger partial charge >= 0.3 is 0 Å². The second kappa shape index (κ2) is 5.55. The van der Waals surface area contributed by atoms with Crippen molar-refractivity contribution in [3.8, 4) is 0 Å². The summed E-state index contributed by atoms with van der Waals surface area (Å²) in [5, 5.41) is 0.238. The van der Waals surface area contributed by atoms with Crippen molar-refractivity contribution in [3.05, 3.63) is 23.5 Å². The molecule has 0 bridgehead atoms. The van der Waals surface area contributed by atoms with Gasteiger partial charge in [0.1, 0.15) is 4.90 Å². The average Bonchev–Trinajstić information content (AvgIpc) is 2.54. The molecular formula is C12H17ClN2O2S. The van der Waals surface area contributed by atoms with E-state index in [0.717, 1.165) is 19.3 Å². The molecule has 1 atom stereocenters. The van der Waals surface area contributed by atoms with E-state index >= 15 is 0 Å². The molecule has 1 aromatic heterocycles. The number of halogens is 1. The molecule has 1 unspecified atom stereocenters. The smallest absolute Gasteiger partial charge is 0.246 e. The SMILES string of the molecule is CC1CCCN(S(=O)(=O)c2cnccc2Cl)CC1. The number of nitrogens with zero attached hydrogens (tertiary/aromatic N) is 2. The van der Waals surface area contributed by atoms with Gasteiger partial charge in [-0.25, -0.2) is 8.42 Å². The molecule has 1 aliphatic heterocycles. The van der Waals surface area contributed by atoms with Crippen LogP contribution in [0.3, 0.4) is 0 Å². The van der Waals surface area contributed by atoms with Gasteiger partial charge in [0.25, 0.3) is 0 Å². The Balaban J connectivity index is 2.28. The molecular weight excluding hydrogens is 272 g/mol. The highest BCUT2D eigenvalue weighted by Gasteiger charge is 2.28. The van der Waals surface area contributed by atoms with Crippen LogP contribution in [0, 0.1) is 5.92 Å². The Morgan fingerprint density at radius 2 is 2.17 bits per heavy atom. The highest BCUT2D eigenvalue weighted by Crippen LogP contribution is 2.26. The van der Waals surface area contributed by atoms with E-state index in [1.165, 1.54) is 22.8 Å². The fourth-order valence-electron chi connectivity index (χ4n) is 2.17. The summed E-state index contributed by atoms with van der Waals surface area (Å²) < 4.78 is 26.5. The minimum atomic E-state index is -3.50. The van der Waals surface area contributed by atoms with Crippen molar-refractivity contribution >= 4 is 21.6 Å². The van der Waals surface area contributed by atoms with Crippen LogP contribution in [-0.4, -0.2) is 30.8 Å². The number of hydrogen-bond donors (Lipinski definition) is 0. The van der Waals surface area contributed by atoms with Crippen molar-refractivity contribution in [1.82, 2.24) is 9.29 Å². The number of rotatable bonds is 2. The zero-order valence-electron chi connectivity index (χ0n) is 10.3. The van der Waals surface area contributed by atoms with Crippen LogP contribution in [0.1, 0.15) is 26.2 Å². The first kappa shape index (κ1) is 13.8. The number of pyridine rings is 1. The van der Waals surface area contributed by atoms with E-state index in [1.54, 1.807) is 0 Å². The molecule has 0 radical (unpaired) electrons. The van der Waals surface area contributed by atoms with Crippen molar-refractivity contribution in [3.63, 3.8) is 0 Å². The molecule has 2 heterocycles. The summed E-state index contributed by atoms with van der Waals surface area (Å²) in [6, 6.07) is 1.51. The predicted molar refractivity (Wildman–Crippen MR) is 71.0 cm³/mol. The number of aromatic nitrogens is 1. The van der Waals surface area contributed by atoms with Gasteiger partial charge in [0.2, 0.25) is 10.0 Å². The molecule has 1 aliphatic rings. The Labute approximate surface area is 113 Å². The van der Waals surface area contributed by atoms with Gasteiger partial charge in [-0.3, -0.25) is 4.98 Å². The third-order valence-electron chi connectivity index (χ3n) is 3.33. The fraction of sp³-hybridized carbons (Fsp3) is 0.583. The summed E-state index contributed by atoms with van der Waals surface area (Å²) in [4.78, 5) is 3.97. The third-order valence-corrected chi connectivity index (χ3v) is 5.70. The first-order chi connectivity index (χ1) is 8.51. The van der Waals surface area contributed by atoms with E-state index in [2.05, 4.69) is 11.9 Å². The molecule has 6 heteroatoms. The van der Waals surface area contributed by atoms with Crippen molar-refractivity contribution in [2.75, 3.05) is 13.1 Å². The van der Waals surface area contributed by atoms with Gasteiger partial charge in [-0.2, -0.15) is 4.31 Å². The molecule has 1 fully saturated rings. The van der Waals surface area contributed by atoms with Gasteiger partial charge in [-0.15, -0.1) is 0 Å². The van der Waals surface area contributed by atoms with Crippen LogP contribution in [0.4, 0.5) is 0 Å². The normalized spacial score (nSPS) is 22.7. The van der Waals surface area contributed by atoms with Gasteiger partial charge in [-0.1, -0.05) is 18.5 Å². The Bertz CT molecular complexity index is 519. The van der Waals surface area contributed by atoms with Crippen molar-refractivity contribution in [2.24, 2.45) is 5.92 Å². The number of sulfonamides is 1. The quantitative estimate of drug-likeness (QED) is 0.840. The molecule has 0 aliphatic carbocycles. The number of hydrogen-bond acceptors (Lipinski definition) is 3. The molecule has 4 nitrogen and oxygen atoms in total. The minimum Gasteiger partial charge on any atom is -0.263 e. The van der Waals surface area contributed by atoms with E-state index in [9.17, 15) is 8.42 Å². The average molecular weight is 289 g/mol. The Hall–Kier alpha value is -0.650. The second-order valence-corrected chi connectivity index (χ2v) is 7.06. The lowest BCUT2D eigenvalue weighted by Gasteiger charge is -2.20. The molecule has 1 aromatic rings. The Kier molecular flexibility index (Phi) is 4.25. The predicted octanol–water partition coefficient (Wildman–Crippen LogP) is 2.55. The minimum absolute atomic E-state index is 0.112. The van der Waals surface area contributed by atoms with E-state index in [-0.39, 0.29) is 9.92 Å². The van der Waals surface area contributed by atoms with Crippen LogP contribution in [0.25, 0.3) is 0 Å². The van der Waals surface area contributed by atoms with E-state index < -0.39 is 10.0 Å². The summed E-state index contributed by atoms with van der Waals surface area (Å²) >= 11 is 5.95. The van der Waals surface area contributed by atoms with Crippen LogP contribution in [-0.2, 0) is 10.0 Å². The summed E-state index contributed by atoms with van der Waals surface area (Å²) in [5.41, 5.74) is 0. The summed E-state index contributed by atoms with van der Waals surface area (Å²) in [7, 11) is -3.50. The maximum Gasteiger partial charge on any atom is 0.246 e. The highest BCUT2D eigenvalue weighted by molar-refractivity contribution is 7.89. The second-order valence-electron chi connectivity index (χ2n) is 4.75. The zero-order valence-corrected chi connectivity index (χ0v) is 11.9. The molecule has 1 saturated heterocycles. The third kappa shape index (κ3) is 2.84. The van der Waals surface area contributed by atoms with E-state index in [4.69, 9.17) is 11.6 Å². The van der Waals surface area contributed by atoms with Gasteiger partial charge in [0.05, 0.1) is 5.02 Å². The summed E-state index contributed by atoms with van der Waals surface area (Å²) in [5.74, 6) is 0.578. The first-order valence-corrected chi connectivity index (χ1v) is 7.93. The maximum atomic E-state index is 12.5. The molecule has 0 amide bonds. The van der Waals surface area contributed by atoms with Crippen molar-refractivity contribution in [1.29, 1.82) is 0 Å². The van der Waals surface area contributed by atoms with Gasteiger partial charge in [-0.05, 0) is 31.2 Å². The van der Waals surface area contributed by atoms with Crippen molar-refractivity contribution < 1.29 is 8.42 Å². The van der Waals surface area contributed by atoms with Gasteiger partial charge < -0.3 is 0 Å². The van der Waals surface area contributed by atoms with E-state index in [1.807, 2.05) is 0 Å². The van der Waals surface area contributed by atoms with Crippen LogP contribution in [0.5, 0.6) is 0 Å². The lowest BCUT2D eigenvalue weighted by molar-refractivity contribution is 0.416. The summed E-state index contributed by atoms with van der Waals surface area (Å²) in [6.07, 6.45) is 5.69. The zero-order chi connectivity index (χ0) is 13.2. The largest absolute Gasteiger partial charge is 0.263 e. The lowest BCUT2D eigenvalue weighted by Crippen LogP contribution is -2.32. The van der Waals surface area contributed by atoms with Crippen molar-refractivity contribution in [2.45, 2.75) is 31.1 Å². The lowest BCUT2D eigenvalue weighted by atomic mass is 10.0. The molecule has 18 heavy (non-hydrogen) atoms. The standard InChI is InChI=1S/C12H17ClN2O2S/c1-10-3-2-7-15(8-5-10)18(16,17)12-9-14-6-4-11(12)13/h4,6,9-10H,2-3,5,7-8H2,1H3. The van der Waals surface area contributed by atoms with Crippen LogP contribution >= 0.6 is 11.6 Å². The molecule has 100 valence electrons. The van der Waals surface area contributed by atoms with Crippen LogP contribution in [0.2, 0.25) is 5.02 Å². The topological polar surface area (TPSA) is 50.3 Å². The van der Waals surface area contributed by atoms with Crippen LogP contribution < -0.4 is 0 Å². The van der Waals surface area contributed by atoms with E-state index in [0.29, 0.717) is 19.0 Å². The monoisotopic (exact) mass is 288 g/mol. The Morgan fingerprint density at radius 1 is 1.39 bits per heavy atom. The maximum absolute atomic E-state index is 12.5. The summed E-state index contributed by atoms with van der Waals surface area (Å²) in [6.45, 7) is 3.29.